The summed E-state index contributed by atoms with van der Waals surface area (Å²) in [7, 11) is -0.329. The van der Waals surface area contributed by atoms with Gasteiger partial charge >= 0.3 is 24.3 Å². The molecular formula is C71H86F6O4S2+2. The molecule has 83 heavy (non-hydrogen) atoms. The molecule has 0 aliphatic carbocycles. The molecule has 446 valence electrons. The Labute approximate surface area is 498 Å². The van der Waals surface area contributed by atoms with Crippen molar-refractivity contribution >= 4 is 33.7 Å². The second-order valence-corrected chi connectivity index (χ2v) is 24.0. The zero-order chi connectivity index (χ0) is 57.8. The third-order valence-corrected chi connectivity index (χ3v) is 17.3. The second kappa shape index (κ2) is 34.6. The maximum atomic E-state index is 12.3. The summed E-state index contributed by atoms with van der Waals surface area (Å²) in [5.41, 5.74) is 0.314. The summed E-state index contributed by atoms with van der Waals surface area (Å²) in [5.74, 6) is 0.282. The molecule has 0 spiro atoms. The van der Waals surface area contributed by atoms with E-state index in [2.05, 4.69) is 184 Å². The van der Waals surface area contributed by atoms with E-state index in [9.17, 15) is 35.9 Å². The van der Waals surface area contributed by atoms with E-state index in [1.807, 2.05) is 65.8 Å². The number of esters is 2. The average Bonchev–Trinajstić information content (AvgIpc) is 3.52. The van der Waals surface area contributed by atoms with Gasteiger partial charge in [0.1, 0.15) is 5.75 Å². The molecule has 0 amide bonds. The Balaban J connectivity index is 0.000000589. The number of ether oxygens (including phenoxy) is 2. The summed E-state index contributed by atoms with van der Waals surface area (Å²) in [6.45, 7) is 17.5. The van der Waals surface area contributed by atoms with E-state index in [4.69, 9.17) is 9.47 Å². The Morgan fingerprint density at radius 3 is 1.01 bits per heavy atom. The van der Waals surface area contributed by atoms with Crippen LogP contribution in [0.25, 0.3) is 0 Å². The summed E-state index contributed by atoms with van der Waals surface area (Å²) in [6.07, 6.45) is -7.26. The lowest BCUT2D eigenvalue weighted by atomic mass is 9.91. The van der Waals surface area contributed by atoms with Gasteiger partial charge in [-0.2, -0.15) is 26.3 Å². The molecule has 0 radical (unpaired) electrons. The summed E-state index contributed by atoms with van der Waals surface area (Å²) < 4.78 is 84.1. The van der Waals surface area contributed by atoms with Gasteiger partial charge < -0.3 is 9.47 Å². The van der Waals surface area contributed by atoms with Gasteiger partial charge in [-0.05, 0) is 176 Å². The number of alkyl halides is 6. The highest BCUT2D eigenvalue weighted by Crippen LogP contribution is 2.37. The van der Waals surface area contributed by atoms with E-state index in [1.54, 1.807) is 0 Å². The van der Waals surface area contributed by atoms with Crippen molar-refractivity contribution < 1.29 is 45.4 Å². The van der Waals surface area contributed by atoms with Gasteiger partial charge in [-0.1, -0.05) is 164 Å². The lowest BCUT2D eigenvalue weighted by Crippen LogP contribution is -2.28. The molecule has 0 atom stereocenters. The Kier molecular flexibility index (Phi) is 30.8. The molecule has 0 fully saturated rings. The number of halogens is 6. The average molecular weight is 1180 g/mol. The van der Waals surface area contributed by atoms with Crippen LogP contribution in [0, 0.1) is 31.6 Å². The minimum absolute atomic E-state index is 0. The third kappa shape index (κ3) is 23.3. The largest absolute Gasteiger partial charge is 0.465 e. The molecule has 0 saturated heterocycles. The first-order chi connectivity index (χ1) is 37.4. The summed E-state index contributed by atoms with van der Waals surface area (Å²) >= 11 is 0. The number of aryl methyl sites for hydroxylation is 3. The molecule has 12 heteroatoms. The molecule has 0 aliphatic heterocycles. The SMILES string of the molecule is C.C.C.C.CCC(C)(C)C(=O)OCCc1ccc([S+](c2ccccc2)c2ccccc2)cc1.CCC(C)(C)C(=O)Oc1ccc([S+](c2ccccc2)c2ccccc2)cc1.Cc1cc(C(F)(F)F)cc(C(F)(F)F)c1.Cc1ccc(C)cc1. The van der Waals surface area contributed by atoms with E-state index < -0.39 is 34.3 Å². The van der Waals surface area contributed by atoms with Crippen LogP contribution in [0.15, 0.2) is 242 Å². The van der Waals surface area contributed by atoms with Crippen LogP contribution < -0.4 is 4.74 Å². The maximum Gasteiger partial charge on any atom is 0.416 e. The number of hydrogen-bond acceptors (Lipinski definition) is 4. The van der Waals surface area contributed by atoms with E-state index >= 15 is 0 Å². The van der Waals surface area contributed by atoms with Gasteiger partial charge in [0.2, 0.25) is 0 Å². The highest BCUT2D eigenvalue weighted by atomic mass is 32.2. The standard InChI is InChI=1S/C26H29O2S.C24H25O2S.C9H6F6.C8H10.4CH4/c1-4-26(2,3)25(27)28-20-19-21-15-17-24(18-16-21)29(22-11-7-5-8-12-22)23-13-9-6-10-14-23;1-4-24(2,3)23(25)26-19-15-17-22(18-16-19)27(20-11-7-5-8-12-20)21-13-9-6-10-14-21;1-5-2-6(8(10,11)12)4-7(3-5)9(13,14)15;1-7-3-5-8(2)6-4-7;;;;/h5-18H,4,19-20H2,1-3H3;5-18H,4H2,1-3H3;2-4H,1H3;3-6H,1-2H3;4*1H4/q2*+1;;;;;;. The fourth-order valence-electron chi connectivity index (χ4n) is 7.22. The third-order valence-electron chi connectivity index (χ3n) is 12.8. The molecule has 0 aromatic heterocycles. The predicted molar refractivity (Wildman–Crippen MR) is 335 cm³/mol. The zero-order valence-electron chi connectivity index (χ0n) is 46.3. The lowest BCUT2D eigenvalue weighted by Gasteiger charge is -2.20. The smallest absolute Gasteiger partial charge is 0.416 e. The second-order valence-electron chi connectivity index (χ2n) is 20.0. The molecule has 0 unspecified atom stereocenters. The molecule has 8 aromatic carbocycles. The highest BCUT2D eigenvalue weighted by Gasteiger charge is 2.37. The molecule has 0 bridgehead atoms. The number of carbonyl (C=O) groups is 2. The molecule has 0 aliphatic rings. The Bertz CT molecular complexity index is 2960. The van der Waals surface area contributed by atoms with Gasteiger partial charge in [0.05, 0.1) is 50.4 Å². The predicted octanol–water partition coefficient (Wildman–Crippen LogP) is 21.3. The first kappa shape index (κ1) is 74.0. The molecule has 8 aromatic rings. The van der Waals surface area contributed by atoms with Gasteiger partial charge in [-0.25, -0.2) is 0 Å². The van der Waals surface area contributed by atoms with Crippen molar-refractivity contribution in [1.82, 2.24) is 0 Å². The van der Waals surface area contributed by atoms with E-state index in [0.29, 0.717) is 24.5 Å². The molecule has 0 heterocycles. The molecular weight excluding hydrogens is 1090 g/mol. The molecule has 0 saturated carbocycles. The van der Waals surface area contributed by atoms with Crippen LogP contribution in [0.5, 0.6) is 5.75 Å². The van der Waals surface area contributed by atoms with Gasteiger partial charge in [-0.15, -0.1) is 0 Å². The van der Waals surface area contributed by atoms with Crippen LogP contribution in [-0.4, -0.2) is 18.5 Å². The summed E-state index contributed by atoms with van der Waals surface area (Å²) in [5, 5.41) is 0. The van der Waals surface area contributed by atoms with Gasteiger partial charge in [0.25, 0.3) is 0 Å². The first-order valence-electron chi connectivity index (χ1n) is 26.0. The monoisotopic (exact) mass is 1180 g/mol. The maximum absolute atomic E-state index is 12.3. The Morgan fingerprint density at radius 1 is 0.398 bits per heavy atom. The van der Waals surface area contributed by atoms with Crippen molar-refractivity contribution in [1.29, 1.82) is 0 Å². The van der Waals surface area contributed by atoms with Crippen LogP contribution in [-0.2, 0) is 54.9 Å². The summed E-state index contributed by atoms with van der Waals surface area (Å²) in [6, 6.07) is 68.8. The lowest BCUT2D eigenvalue weighted by molar-refractivity contribution is -0.154. The molecule has 4 nitrogen and oxygen atoms in total. The topological polar surface area (TPSA) is 52.6 Å². The van der Waals surface area contributed by atoms with Gasteiger partial charge in [-0.3, -0.25) is 9.59 Å². The normalized spacial score (nSPS) is 11.0. The van der Waals surface area contributed by atoms with Crippen molar-refractivity contribution in [2.45, 2.75) is 153 Å². The van der Waals surface area contributed by atoms with Gasteiger partial charge in [0.15, 0.2) is 29.4 Å². The van der Waals surface area contributed by atoms with Crippen molar-refractivity contribution in [3.63, 3.8) is 0 Å². The van der Waals surface area contributed by atoms with Crippen molar-refractivity contribution in [3.8, 4) is 5.75 Å². The van der Waals surface area contributed by atoms with E-state index in [1.165, 1.54) is 53.0 Å². The summed E-state index contributed by atoms with van der Waals surface area (Å²) in [4.78, 5) is 32.1. The fourth-order valence-corrected chi connectivity index (χ4v) is 11.4. The van der Waals surface area contributed by atoms with Crippen molar-refractivity contribution in [2.24, 2.45) is 10.8 Å². The minimum Gasteiger partial charge on any atom is -0.465 e. The Morgan fingerprint density at radius 2 is 0.699 bits per heavy atom. The van der Waals surface area contributed by atoms with Crippen LogP contribution >= 0.6 is 0 Å². The van der Waals surface area contributed by atoms with Crippen LogP contribution in [0.4, 0.5) is 26.3 Å². The first-order valence-corrected chi connectivity index (χ1v) is 28.4. The molecule has 8 rings (SSSR count). The fraction of sp³-hybridized carbons (Fsp3) is 0.296. The highest BCUT2D eigenvalue weighted by molar-refractivity contribution is 7.97. The van der Waals surface area contributed by atoms with Crippen LogP contribution in [0.2, 0.25) is 0 Å². The zero-order valence-corrected chi connectivity index (χ0v) is 47.9. The number of benzene rings is 8. The van der Waals surface area contributed by atoms with E-state index in [0.717, 1.165) is 19.3 Å². The van der Waals surface area contributed by atoms with Gasteiger partial charge in [0, 0.05) is 6.42 Å². The minimum atomic E-state index is -4.76. The van der Waals surface area contributed by atoms with Crippen LogP contribution in [0.3, 0.4) is 0 Å². The quantitative estimate of drug-likeness (QED) is 0.0471. The van der Waals surface area contributed by atoms with Crippen LogP contribution in [0.1, 0.15) is 117 Å². The number of carbonyl (C=O) groups excluding carboxylic acids is 2. The van der Waals surface area contributed by atoms with E-state index in [-0.39, 0.29) is 75.1 Å². The number of rotatable bonds is 14. The number of hydrogen-bond donors (Lipinski definition) is 0. The van der Waals surface area contributed by atoms with Crippen molar-refractivity contribution in [3.05, 3.63) is 246 Å². The Hall–Kier alpha value is -7.02. The molecule has 0 N–H and O–H groups in total. The van der Waals surface area contributed by atoms with Crippen molar-refractivity contribution in [2.75, 3.05) is 6.61 Å².